The monoisotopic (exact) mass is 305 g/mol. The van der Waals surface area contributed by atoms with Crippen molar-refractivity contribution in [2.45, 2.75) is 40.2 Å². The van der Waals surface area contributed by atoms with Crippen molar-refractivity contribution in [3.05, 3.63) is 17.7 Å². The zero-order valence-corrected chi connectivity index (χ0v) is 13.6. The van der Waals surface area contributed by atoms with Crippen molar-refractivity contribution >= 4 is 17.9 Å². The van der Waals surface area contributed by atoms with Gasteiger partial charge < -0.3 is 14.4 Å². The van der Waals surface area contributed by atoms with Crippen LogP contribution in [0.4, 0.5) is 5.69 Å². The average Bonchev–Trinajstić information content (AvgIpc) is 2.48. The van der Waals surface area contributed by atoms with Gasteiger partial charge in [-0.1, -0.05) is 13.8 Å². The van der Waals surface area contributed by atoms with E-state index in [1.54, 1.807) is 24.0 Å². The number of carbonyl (C=O) groups excluding carboxylic acids is 2. The van der Waals surface area contributed by atoms with E-state index in [1.807, 2.05) is 6.92 Å². The minimum atomic E-state index is -0.555. The molecular formula is C17H23NO4. The number of benzene rings is 1. The molecule has 0 N–H and O–H groups in total. The highest BCUT2D eigenvalue weighted by Crippen LogP contribution is 2.43. The highest BCUT2D eigenvalue weighted by atomic mass is 16.5. The van der Waals surface area contributed by atoms with Crippen LogP contribution in [-0.2, 0) is 4.79 Å². The molecule has 22 heavy (non-hydrogen) atoms. The number of nitrogens with zero attached hydrogens (tertiary/aromatic N) is 1. The van der Waals surface area contributed by atoms with Gasteiger partial charge in [-0.25, -0.2) is 0 Å². The molecule has 1 atom stereocenters. The molecule has 1 amide bonds. The summed E-state index contributed by atoms with van der Waals surface area (Å²) >= 11 is 0. The Hall–Kier alpha value is -2.04. The van der Waals surface area contributed by atoms with Crippen molar-refractivity contribution in [3.63, 3.8) is 0 Å². The number of ether oxygens (including phenoxy) is 2. The van der Waals surface area contributed by atoms with Crippen LogP contribution >= 0.6 is 0 Å². The first-order chi connectivity index (χ1) is 10.5. The van der Waals surface area contributed by atoms with Gasteiger partial charge in [0.25, 0.3) is 5.91 Å². The smallest absolute Gasteiger partial charge is 0.267 e. The Morgan fingerprint density at radius 3 is 2.73 bits per heavy atom. The average molecular weight is 305 g/mol. The standard InChI is InChI=1S/C17H23NO4/c1-5-21-15-9-13(10-19)8-14-16(15)22-12(4)17(20)18(14)7-6-11(2)3/h8-12H,5-7H2,1-4H3. The molecule has 1 aromatic carbocycles. The summed E-state index contributed by atoms with van der Waals surface area (Å²) in [6, 6.07) is 3.34. The molecule has 5 heteroatoms. The van der Waals surface area contributed by atoms with E-state index in [0.29, 0.717) is 41.8 Å². The third-order valence-corrected chi connectivity index (χ3v) is 3.62. The second-order valence-electron chi connectivity index (χ2n) is 5.85. The van der Waals surface area contributed by atoms with E-state index in [4.69, 9.17) is 9.47 Å². The van der Waals surface area contributed by atoms with Crippen LogP contribution in [0.3, 0.4) is 0 Å². The molecule has 2 rings (SSSR count). The SMILES string of the molecule is CCOc1cc(C=O)cc2c1OC(C)C(=O)N2CCC(C)C. The Bertz CT molecular complexity index is 568. The zero-order valence-electron chi connectivity index (χ0n) is 13.6. The maximum Gasteiger partial charge on any atom is 0.267 e. The van der Waals surface area contributed by atoms with E-state index in [1.165, 1.54) is 0 Å². The van der Waals surface area contributed by atoms with Crippen molar-refractivity contribution in [3.8, 4) is 11.5 Å². The molecule has 0 spiro atoms. The van der Waals surface area contributed by atoms with Crippen LogP contribution in [0.25, 0.3) is 0 Å². The van der Waals surface area contributed by atoms with Gasteiger partial charge >= 0.3 is 0 Å². The molecule has 1 heterocycles. The van der Waals surface area contributed by atoms with Gasteiger partial charge in [-0.05, 0) is 38.3 Å². The van der Waals surface area contributed by atoms with E-state index in [2.05, 4.69) is 13.8 Å². The molecule has 0 saturated carbocycles. The van der Waals surface area contributed by atoms with Crippen LogP contribution in [0.15, 0.2) is 12.1 Å². The van der Waals surface area contributed by atoms with Crippen LogP contribution in [-0.4, -0.2) is 31.4 Å². The predicted molar refractivity (Wildman–Crippen MR) is 84.9 cm³/mol. The normalized spacial score (nSPS) is 17.2. The first-order valence-electron chi connectivity index (χ1n) is 7.72. The number of anilines is 1. The molecule has 0 aliphatic carbocycles. The topological polar surface area (TPSA) is 55.8 Å². The summed E-state index contributed by atoms with van der Waals surface area (Å²) in [5.74, 6) is 1.45. The lowest BCUT2D eigenvalue weighted by Gasteiger charge is -2.34. The first-order valence-corrected chi connectivity index (χ1v) is 7.72. The summed E-state index contributed by atoms with van der Waals surface area (Å²) in [6.07, 6.45) is 1.08. The summed E-state index contributed by atoms with van der Waals surface area (Å²) in [6.45, 7) is 8.90. The maximum absolute atomic E-state index is 12.4. The molecule has 1 aliphatic heterocycles. The molecule has 5 nitrogen and oxygen atoms in total. The number of aldehydes is 1. The number of fused-ring (bicyclic) bond motifs is 1. The van der Waals surface area contributed by atoms with Crippen molar-refractivity contribution in [1.82, 2.24) is 0 Å². The van der Waals surface area contributed by atoms with Gasteiger partial charge in [0.05, 0.1) is 12.3 Å². The van der Waals surface area contributed by atoms with Crippen LogP contribution in [0.5, 0.6) is 11.5 Å². The van der Waals surface area contributed by atoms with Crippen LogP contribution < -0.4 is 14.4 Å². The highest BCUT2D eigenvalue weighted by Gasteiger charge is 2.34. The number of rotatable bonds is 6. The van der Waals surface area contributed by atoms with E-state index in [-0.39, 0.29) is 5.91 Å². The van der Waals surface area contributed by atoms with Gasteiger partial charge in [-0.15, -0.1) is 0 Å². The number of carbonyl (C=O) groups is 2. The third kappa shape index (κ3) is 3.24. The van der Waals surface area contributed by atoms with Gasteiger partial charge in [0.2, 0.25) is 0 Å². The third-order valence-electron chi connectivity index (χ3n) is 3.62. The number of amides is 1. The molecule has 1 aliphatic rings. The fourth-order valence-corrected chi connectivity index (χ4v) is 2.44. The number of hydrogen-bond donors (Lipinski definition) is 0. The summed E-state index contributed by atoms with van der Waals surface area (Å²) in [5.41, 5.74) is 1.10. The lowest BCUT2D eigenvalue weighted by atomic mass is 10.1. The Morgan fingerprint density at radius 1 is 1.41 bits per heavy atom. The van der Waals surface area contributed by atoms with Crippen molar-refractivity contribution in [2.75, 3.05) is 18.1 Å². The van der Waals surface area contributed by atoms with Gasteiger partial charge in [0, 0.05) is 12.1 Å². The van der Waals surface area contributed by atoms with Crippen LogP contribution in [0, 0.1) is 5.92 Å². The Morgan fingerprint density at radius 2 is 2.14 bits per heavy atom. The Labute approximate surface area is 131 Å². The Balaban J connectivity index is 2.48. The summed E-state index contributed by atoms with van der Waals surface area (Å²) in [4.78, 5) is 25.3. The molecule has 1 aromatic rings. The quantitative estimate of drug-likeness (QED) is 0.758. The van der Waals surface area contributed by atoms with Crippen molar-refractivity contribution in [2.24, 2.45) is 5.92 Å². The van der Waals surface area contributed by atoms with E-state index in [0.717, 1.165) is 12.7 Å². The van der Waals surface area contributed by atoms with E-state index >= 15 is 0 Å². The maximum atomic E-state index is 12.4. The minimum absolute atomic E-state index is 0.0846. The molecule has 0 aromatic heterocycles. The fraction of sp³-hybridized carbons (Fsp3) is 0.529. The van der Waals surface area contributed by atoms with Crippen molar-refractivity contribution < 1.29 is 19.1 Å². The fourth-order valence-electron chi connectivity index (χ4n) is 2.44. The second-order valence-corrected chi connectivity index (χ2v) is 5.85. The molecule has 0 bridgehead atoms. The molecule has 1 unspecified atom stereocenters. The lowest BCUT2D eigenvalue weighted by molar-refractivity contribution is -0.125. The summed E-state index contributed by atoms with van der Waals surface area (Å²) < 4.78 is 11.3. The molecule has 120 valence electrons. The second kappa shape index (κ2) is 6.81. The first kappa shape index (κ1) is 16.3. The van der Waals surface area contributed by atoms with Gasteiger partial charge in [-0.3, -0.25) is 9.59 Å². The summed E-state index contributed by atoms with van der Waals surface area (Å²) in [5, 5.41) is 0. The minimum Gasteiger partial charge on any atom is -0.490 e. The molecule has 0 radical (unpaired) electrons. The molecule has 0 saturated heterocycles. The van der Waals surface area contributed by atoms with Crippen LogP contribution in [0.1, 0.15) is 44.5 Å². The molecular weight excluding hydrogens is 282 g/mol. The molecule has 0 fully saturated rings. The van der Waals surface area contributed by atoms with Crippen molar-refractivity contribution in [1.29, 1.82) is 0 Å². The lowest BCUT2D eigenvalue weighted by Crippen LogP contribution is -2.45. The summed E-state index contributed by atoms with van der Waals surface area (Å²) in [7, 11) is 0. The van der Waals surface area contributed by atoms with Gasteiger partial charge in [0.15, 0.2) is 17.6 Å². The van der Waals surface area contributed by atoms with Crippen LogP contribution in [0.2, 0.25) is 0 Å². The van der Waals surface area contributed by atoms with E-state index in [9.17, 15) is 9.59 Å². The van der Waals surface area contributed by atoms with Gasteiger partial charge in [0.1, 0.15) is 6.29 Å². The zero-order chi connectivity index (χ0) is 16.3. The Kier molecular flexibility index (Phi) is 5.06. The van der Waals surface area contributed by atoms with Gasteiger partial charge in [-0.2, -0.15) is 0 Å². The predicted octanol–water partition coefficient (Wildman–Crippen LogP) is 3.06. The largest absolute Gasteiger partial charge is 0.490 e. The highest BCUT2D eigenvalue weighted by molar-refractivity contribution is 6.01. The number of hydrogen-bond acceptors (Lipinski definition) is 4. The van der Waals surface area contributed by atoms with E-state index < -0.39 is 6.10 Å².